The van der Waals surface area contributed by atoms with Crippen LogP contribution >= 0.6 is 0 Å². The second-order valence-corrected chi connectivity index (χ2v) is 19.3. The van der Waals surface area contributed by atoms with Gasteiger partial charge in [-0.05, 0) is 139 Å². The first-order valence-corrected chi connectivity index (χ1v) is 25.6. The van der Waals surface area contributed by atoms with Gasteiger partial charge in [-0.25, -0.2) is 0 Å². The van der Waals surface area contributed by atoms with Crippen LogP contribution in [0.5, 0.6) is 0 Å². The van der Waals surface area contributed by atoms with Gasteiger partial charge >= 0.3 is 0 Å². The van der Waals surface area contributed by atoms with Crippen LogP contribution < -0.4 is 5.32 Å². The summed E-state index contributed by atoms with van der Waals surface area (Å²) in [6, 6.07) is 103. The van der Waals surface area contributed by atoms with E-state index in [9.17, 15) is 0 Å². The van der Waals surface area contributed by atoms with Gasteiger partial charge in [0.15, 0.2) is 0 Å². The summed E-state index contributed by atoms with van der Waals surface area (Å²) >= 11 is 0. The van der Waals surface area contributed by atoms with Crippen LogP contribution in [0.25, 0.3) is 127 Å². The molecule has 3 heteroatoms. The zero-order chi connectivity index (χ0) is 49.7. The van der Waals surface area contributed by atoms with Gasteiger partial charge in [0, 0.05) is 44.2 Å². The zero-order valence-corrected chi connectivity index (χ0v) is 41.0. The van der Waals surface area contributed by atoms with Gasteiger partial charge in [-0.15, -0.1) is 0 Å². The van der Waals surface area contributed by atoms with Crippen molar-refractivity contribution in [3.05, 3.63) is 285 Å². The highest BCUT2D eigenvalue weighted by atomic mass is 16.3. The van der Waals surface area contributed by atoms with Gasteiger partial charge in [-0.1, -0.05) is 218 Å². The molecular weight excluding hydrogens is 909 g/mol. The van der Waals surface area contributed by atoms with E-state index in [4.69, 9.17) is 4.42 Å². The van der Waals surface area contributed by atoms with E-state index in [1.54, 1.807) is 0 Å². The Morgan fingerprint density at radius 2 is 0.707 bits per heavy atom. The van der Waals surface area contributed by atoms with Gasteiger partial charge in [-0.3, -0.25) is 0 Å². The van der Waals surface area contributed by atoms with E-state index in [1.165, 1.54) is 66.3 Å². The molecule has 2 aromatic heterocycles. The molecule has 12 aromatic carbocycles. The first-order chi connectivity index (χ1) is 37.1. The minimum absolute atomic E-state index is 0.901. The van der Waals surface area contributed by atoms with Crippen molar-refractivity contribution in [3.8, 4) is 83.6 Å². The molecule has 0 spiro atoms. The van der Waals surface area contributed by atoms with E-state index in [1.807, 2.05) is 12.1 Å². The number of para-hydroxylation sites is 3. The molecule has 0 unspecified atom stereocenters. The van der Waals surface area contributed by atoms with Crippen LogP contribution in [0.4, 0.5) is 11.4 Å². The van der Waals surface area contributed by atoms with Gasteiger partial charge in [0.05, 0.1) is 11.0 Å². The maximum atomic E-state index is 6.24. The molecule has 0 fully saturated rings. The lowest BCUT2D eigenvalue weighted by atomic mass is 9.93. The topological polar surface area (TPSA) is 30.1 Å². The first kappa shape index (κ1) is 43.8. The third kappa shape index (κ3) is 8.14. The molecule has 0 saturated heterocycles. The fourth-order valence-electron chi connectivity index (χ4n) is 11.1. The number of fused-ring (bicyclic) bond motifs is 6. The quantitative estimate of drug-likeness (QED) is 0.148. The molecule has 0 aliphatic heterocycles. The molecule has 1 N–H and O–H groups in total. The number of nitrogens with one attached hydrogen (secondary N) is 1. The molecule has 2 heterocycles. The van der Waals surface area contributed by atoms with Gasteiger partial charge in [0.25, 0.3) is 0 Å². The minimum Gasteiger partial charge on any atom is -0.456 e. The Bertz CT molecular complexity index is 4340. The molecule has 0 amide bonds. The molecular formula is C72H48N2O. The number of anilines is 2. The van der Waals surface area contributed by atoms with E-state index in [0.717, 1.165) is 72.4 Å². The summed E-state index contributed by atoms with van der Waals surface area (Å²) in [5, 5.41) is 8.64. The molecule has 3 nitrogen and oxygen atoms in total. The summed E-state index contributed by atoms with van der Waals surface area (Å²) in [6.07, 6.45) is 0. The molecule has 352 valence electrons. The molecule has 0 atom stereocenters. The fourth-order valence-corrected chi connectivity index (χ4v) is 11.1. The van der Waals surface area contributed by atoms with E-state index in [2.05, 4.69) is 283 Å². The van der Waals surface area contributed by atoms with Crippen molar-refractivity contribution in [3.63, 3.8) is 0 Å². The van der Waals surface area contributed by atoms with Crippen LogP contribution in [0.3, 0.4) is 0 Å². The van der Waals surface area contributed by atoms with Crippen molar-refractivity contribution in [2.24, 2.45) is 0 Å². The Morgan fingerprint density at radius 3 is 1.36 bits per heavy atom. The summed E-state index contributed by atoms with van der Waals surface area (Å²) in [5.74, 6) is 0. The molecule has 75 heavy (non-hydrogen) atoms. The lowest BCUT2D eigenvalue weighted by Crippen LogP contribution is -1.95. The van der Waals surface area contributed by atoms with Gasteiger partial charge in [0.1, 0.15) is 11.2 Å². The molecule has 0 bridgehead atoms. The Balaban J connectivity index is 0.764. The van der Waals surface area contributed by atoms with Gasteiger partial charge in [0.2, 0.25) is 0 Å². The highest BCUT2D eigenvalue weighted by Gasteiger charge is 2.16. The first-order valence-electron chi connectivity index (χ1n) is 25.6. The molecule has 0 aliphatic rings. The standard InChI is InChI=1S/C72H48N2O/c1-2-13-48(14-3-1)49-27-31-52(32-28-49)56-15-10-17-59(45-56)66-47-58(54-35-37-55(38-36-54)62-22-12-26-71-72(62)65-21-6-9-25-70(65)75-71)41-44-67(66)73-60-42-39-51(40-43-60)50-29-33-53(34-30-50)57-16-11-18-61(46-57)74-68-23-7-4-19-63(68)64-20-5-8-24-69(64)74/h1-47,73H. The van der Waals surface area contributed by atoms with Crippen LogP contribution in [0.1, 0.15) is 0 Å². The summed E-state index contributed by atoms with van der Waals surface area (Å²) in [6.45, 7) is 0. The highest BCUT2D eigenvalue weighted by Crippen LogP contribution is 2.41. The molecule has 14 aromatic rings. The normalized spacial score (nSPS) is 11.5. The average Bonchev–Trinajstić information content (AvgIpc) is 4.06. The Labute approximate surface area is 435 Å². The smallest absolute Gasteiger partial charge is 0.136 e. The lowest BCUT2D eigenvalue weighted by Gasteiger charge is -2.16. The number of nitrogens with zero attached hydrogens (tertiary/aromatic N) is 1. The van der Waals surface area contributed by atoms with E-state index >= 15 is 0 Å². The lowest BCUT2D eigenvalue weighted by molar-refractivity contribution is 0.669. The number of hydrogen-bond acceptors (Lipinski definition) is 2. The number of aromatic nitrogens is 1. The fraction of sp³-hybridized carbons (Fsp3) is 0. The second-order valence-electron chi connectivity index (χ2n) is 19.3. The van der Waals surface area contributed by atoms with Crippen molar-refractivity contribution < 1.29 is 4.42 Å². The SMILES string of the molecule is c1ccc(-c2ccc(-c3cccc(-c4cc(-c5ccc(-c6cccc7oc8ccccc8c67)cc5)ccc4Nc4ccc(-c5ccc(-c6cccc(-n7c8ccccc8c8ccccc87)c6)cc5)cc4)c3)cc2)cc1. The maximum absolute atomic E-state index is 6.24. The summed E-state index contributed by atoms with van der Waals surface area (Å²) in [5.41, 5.74) is 23.8. The van der Waals surface area contributed by atoms with Crippen molar-refractivity contribution >= 4 is 55.1 Å². The van der Waals surface area contributed by atoms with Crippen LogP contribution in [0, 0.1) is 0 Å². The van der Waals surface area contributed by atoms with Crippen molar-refractivity contribution in [2.45, 2.75) is 0 Å². The number of furan rings is 1. The molecule has 0 aliphatic carbocycles. The van der Waals surface area contributed by atoms with Gasteiger partial charge in [-0.2, -0.15) is 0 Å². The average molecular weight is 957 g/mol. The Kier molecular flexibility index (Phi) is 10.8. The Hall–Kier alpha value is -9.96. The number of hydrogen-bond donors (Lipinski definition) is 1. The highest BCUT2D eigenvalue weighted by molar-refractivity contribution is 6.12. The monoisotopic (exact) mass is 956 g/mol. The van der Waals surface area contributed by atoms with Crippen LogP contribution in [0.2, 0.25) is 0 Å². The molecule has 14 rings (SSSR count). The minimum atomic E-state index is 0.901. The Morgan fingerprint density at radius 1 is 0.267 bits per heavy atom. The predicted octanol–water partition coefficient (Wildman–Crippen LogP) is 20.1. The van der Waals surface area contributed by atoms with Crippen molar-refractivity contribution in [2.75, 3.05) is 5.32 Å². The summed E-state index contributed by atoms with van der Waals surface area (Å²) in [4.78, 5) is 0. The summed E-state index contributed by atoms with van der Waals surface area (Å²) < 4.78 is 8.62. The van der Waals surface area contributed by atoms with Crippen LogP contribution in [0.15, 0.2) is 290 Å². The molecule has 0 radical (unpaired) electrons. The van der Waals surface area contributed by atoms with E-state index in [0.29, 0.717) is 0 Å². The van der Waals surface area contributed by atoms with Crippen LogP contribution in [-0.4, -0.2) is 4.57 Å². The largest absolute Gasteiger partial charge is 0.456 e. The van der Waals surface area contributed by atoms with Crippen molar-refractivity contribution in [1.82, 2.24) is 4.57 Å². The van der Waals surface area contributed by atoms with E-state index in [-0.39, 0.29) is 0 Å². The maximum Gasteiger partial charge on any atom is 0.136 e. The third-order valence-electron chi connectivity index (χ3n) is 14.9. The van der Waals surface area contributed by atoms with Crippen LogP contribution in [-0.2, 0) is 0 Å². The molecule has 0 saturated carbocycles. The summed E-state index contributed by atoms with van der Waals surface area (Å²) in [7, 11) is 0. The van der Waals surface area contributed by atoms with Crippen molar-refractivity contribution in [1.29, 1.82) is 0 Å². The number of rotatable bonds is 10. The zero-order valence-electron chi connectivity index (χ0n) is 41.0. The predicted molar refractivity (Wildman–Crippen MR) is 316 cm³/mol. The number of benzene rings is 12. The van der Waals surface area contributed by atoms with Gasteiger partial charge < -0.3 is 14.3 Å². The van der Waals surface area contributed by atoms with E-state index < -0.39 is 0 Å². The third-order valence-corrected chi connectivity index (χ3v) is 14.9. The second kappa shape index (κ2) is 18.6.